The molecule has 5 heteroatoms. The minimum atomic E-state index is -0.167. The van der Waals surface area contributed by atoms with Gasteiger partial charge < -0.3 is 10.2 Å². The first-order chi connectivity index (χ1) is 16.1. The molecule has 3 heterocycles. The number of benzene rings is 2. The number of nitrogens with one attached hydrogen (secondary N) is 1. The van der Waals surface area contributed by atoms with Gasteiger partial charge in [0.1, 0.15) is 0 Å². The van der Waals surface area contributed by atoms with Crippen LogP contribution in [0.3, 0.4) is 0 Å². The quantitative estimate of drug-likeness (QED) is 0.461. The highest BCUT2D eigenvalue weighted by Gasteiger charge is 2.42. The molecule has 0 saturated heterocycles. The van der Waals surface area contributed by atoms with Gasteiger partial charge in [-0.1, -0.05) is 45.0 Å². The number of allylic oxidation sites excluding steroid dienone is 2. The third kappa shape index (κ3) is 3.05. The number of hydrogen-bond acceptors (Lipinski definition) is 4. The maximum Gasteiger partial charge on any atom is 0.209 e. The Balaban J connectivity index is 1.58. The summed E-state index contributed by atoms with van der Waals surface area (Å²) in [5, 5.41) is 3.57. The topological polar surface area (TPSA) is 50.2 Å². The number of fused-ring (bicyclic) bond motifs is 4. The Morgan fingerprint density at radius 1 is 1.06 bits per heavy atom. The van der Waals surface area contributed by atoms with Crippen molar-refractivity contribution in [2.24, 2.45) is 5.41 Å². The van der Waals surface area contributed by atoms with E-state index in [-0.39, 0.29) is 22.8 Å². The van der Waals surface area contributed by atoms with E-state index >= 15 is 0 Å². The summed E-state index contributed by atoms with van der Waals surface area (Å²) in [6, 6.07) is 14.9. The molecule has 0 unspecified atom stereocenters. The van der Waals surface area contributed by atoms with Gasteiger partial charge in [0, 0.05) is 36.0 Å². The van der Waals surface area contributed by atoms with Gasteiger partial charge in [0.25, 0.3) is 0 Å². The van der Waals surface area contributed by atoms with E-state index in [1.54, 1.807) is 0 Å². The van der Waals surface area contributed by atoms with E-state index in [0.717, 1.165) is 41.1 Å². The minimum absolute atomic E-state index is 0.0552. The third-order valence-corrected chi connectivity index (χ3v) is 8.28. The van der Waals surface area contributed by atoms with Crippen LogP contribution in [0.1, 0.15) is 77.0 Å². The smallest absolute Gasteiger partial charge is 0.209 e. The van der Waals surface area contributed by atoms with Crippen LogP contribution < -0.4 is 10.2 Å². The van der Waals surface area contributed by atoms with Crippen molar-refractivity contribution in [3.63, 3.8) is 0 Å². The Kier molecular flexibility index (Phi) is 4.40. The van der Waals surface area contributed by atoms with Crippen molar-refractivity contribution in [1.82, 2.24) is 9.55 Å². The lowest BCUT2D eigenvalue weighted by Crippen LogP contribution is -2.45. The van der Waals surface area contributed by atoms with Crippen LogP contribution in [0.5, 0.6) is 0 Å². The second-order valence-electron chi connectivity index (χ2n) is 11.9. The lowest BCUT2D eigenvalue weighted by atomic mass is 9.72. The summed E-state index contributed by atoms with van der Waals surface area (Å²) < 4.78 is 2.24. The summed E-state index contributed by atoms with van der Waals surface area (Å²) in [6.45, 7) is 11.3. The second kappa shape index (κ2) is 6.97. The number of carbonyl (C=O) groups is 1. The summed E-state index contributed by atoms with van der Waals surface area (Å²) in [5.41, 5.74) is 7.86. The number of aromatic nitrogens is 2. The van der Waals surface area contributed by atoms with Gasteiger partial charge in [-0.15, -0.1) is 0 Å². The van der Waals surface area contributed by atoms with E-state index in [4.69, 9.17) is 4.98 Å². The molecule has 0 fully saturated rings. The van der Waals surface area contributed by atoms with Crippen molar-refractivity contribution in [3.05, 3.63) is 64.9 Å². The summed E-state index contributed by atoms with van der Waals surface area (Å²) in [5.74, 6) is 1.53. The molecule has 0 amide bonds. The molecule has 0 saturated carbocycles. The first-order valence-electron chi connectivity index (χ1n) is 12.4. The standard InChI is InChI=1S/C29H34N4O/c1-17-14-29(4,5)32(6)22-12-11-18(13-19(17)22)26-25-21(15-28(2,3)16-24(25)34)31-27-30-20-9-7-8-10-23(20)33(26)27/h7-13,17,26H,14-16H2,1-6H3,(H,30,31)/t17-,26+/m0/s1. The maximum atomic E-state index is 13.6. The molecule has 3 aliphatic rings. The predicted octanol–water partition coefficient (Wildman–Crippen LogP) is 6.42. The number of anilines is 2. The number of carbonyl (C=O) groups excluding carboxylic acids is 1. The van der Waals surface area contributed by atoms with Crippen LogP contribution in [0, 0.1) is 5.41 Å². The van der Waals surface area contributed by atoms with Gasteiger partial charge in [-0.2, -0.15) is 0 Å². The zero-order chi connectivity index (χ0) is 24.0. The zero-order valence-electron chi connectivity index (χ0n) is 21.1. The molecule has 1 N–H and O–H groups in total. The fourth-order valence-electron chi connectivity index (χ4n) is 6.50. The Hall–Kier alpha value is -3.08. The molecule has 5 nitrogen and oxygen atoms in total. The van der Waals surface area contributed by atoms with Gasteiger partial charge in [-0.25, -0.2) is 4.98 Å². The lowest BCUT2D eigenvalue weighted by molar-refractivity contribution is -0.118. The molecule has 3 aromatic rings. The number of rotatable bonds is 1. The number of nitrogens with zero attached hydrogens (tertiary/aromatic N) is 3. The van der Waals surface area contributed by atoms with Crippen LogP contribution in [0.4, 0.5) is 11.6 Å². The molecule has 1 aliphatic carbocycles. The number of ketones is 1. The van der Waals surface area contributed by atoms with Crippen LogP contribution >= 0.6 is 0 Å². The predicted molar refractivity (Wildman–Crippen MR) is 138 cm³/mol. The van der Waals surface area contributed by atoms with E-state index in [2.05, 4.69) is 92.8 Å². The van der Waals surface area contributed by atoms with Crippen molar-refractivity contribution >= 4 is 28.5 Å². The van der Waals surface area contributed by atoms with E-state index in [9.17, 15) is 4.79 Å². The highest BCUT2D eigenvalue weighted by atomic mass is 16.1. The van der Waals surface area contributed by atoms with E-state index in [1.165, 1.54) is 16.8 Å². The van der Waals surface area contributed by atoms with Crippen molar-refractivity contribution < 1.29 is 4.79 Å². The second-order valence-corrected chi connectivity index (χ2v) is 11.9. The summed E-state index contributed by atoms with van der Waals surface area (Å²) in [4.78, 5) is 21.0. The van der Waals surface area contributed by atoms with E-state index < -0.39 is 0 Å². The molecule has 0 radical (unpaired) electrons. The molecule has 2 atom stereocenters. The molecule has 1 aromatic heterocycles. The first-order valence-corrected chi connectivity index (χ1v) is 12.4. The van der Waals surface area contributed by atoms with Gasteiger partial charge in [-0.3, -0.25) is 9.36 Å². The normalized spacial score (nSPS) is 25.0. The molecule has 2 aliphatic heterocycles. The molecule has 34 heavy (non-hydrogen) atoms. The molecular weight excluding hydrogens is 420 g/mol. The lowest BCUT2D eigenvalue weighted by Gasteiger charge is -2.46. The highest BCUT2D eigenvalue weighted by molar-refractivity contribution is 6.01. The number of hydrogen-bond donors (Lipinski definition) is 1. The van der Waals surface area contributed by atoms with Gasteiger partial charge >= 0.3 is 0 Å². The molecule has 0 bridgehead atoms. The van der Waals surface area contributed by atoms with Crippen LogP contribution in [0.2, 0.25) is 0 Å². The van der Waals surface area contributed by atoms with Crippen molar-refractivity contribution in [1.29, 1.82) is 0 Å². The fraction of sp³-hybridized carbons (Fsp3) is 0.448. The minimum Gasteiger partial charge on any atom is -0.369 e. The molecular formula is C29H34N4O. The van der Waals surface area contributed by atoms with Gasteiger partial charge in [0.15, 0.2) is 5.78 Å². The van der Waals surface area contributed by atoms with Crippen molar-refractivity contribution in [3.8, 4) is 0 Å². The Bertz CT molecular complexity index is 1380. The van der Waals surface area contributed by atoms with Crippen LogP contribution in [0.15, 0.2) is 53.7 Å². The van der Waals surface area contributed by atoms with Gasteiger partial charge in [0.2, 0.25) is 5.95 Å². The van der Waals surface area contributed by atoms with Gasteiger partial charge in [0.05, 0.1) is 17.1 Å². The number of para-hydroxylation sites is 2. The molecule has 0 spiro atoms. The van der Waals surface area contributed by atoms with Crippen molar-refractivity contribution in [2.45, 2.75) is 71.4 Å². The first kappa shape index (κ1) is 21.5. The molecule has 2 aromatic carbocycles. The van der Waals surface area contributed by atoms with E-state index in [0.29, 0.717) is 12.3 Å². The average molecular weight is 455 g/mol. The maximum absolute atomic E-state index is 13.6. The monoisotopic (exact) mass is 454 g/mol. The average Bonchev–Trinajstić information content (AvgIpc) is 3.12. The molecule has 6 rings (SSSR count). The number of Topliss-reactive ketones (excluding diaryl/α,β-unsaturated/α-hetero) is 1. The summed E-state index contributed by atoms with van der Waals surface area (Å²) >= 11 is 0. The zero-order valence-corrected chi connectivity index (χ0v) is 21.1. The largest absolute Gasteiger partial charge is 0.369 e. The Morgan fingerprint density at radius 2 is 1.82 bits per heavy atom. The van der Waals surface area contributed by atoms with Gasteiger partial charge in [-0.05, 0) is 67.3 Å². The van der Waals surface area contributed by atoms with Crippen LogP contribution in [-0.4, -0.2) is 27.9 Å². The Morgan fingerprint density at radius 3 is 2.62 bits per heavy atom. The number of imidazole rings is 1. The highest BCUT2D eigenvalue weighted by Crippen LogP contribution is 2.49. The molecule has 176 valence electrons. The summed E-state index contributed by atoms with van der Waals surface area (Å²) in [7, 11) is 2.20. The van der Waals surface area contributed by atoms with Crippen molar-refractivity contribution in [2.75, 3.05) is 17.3 Å². The fourth-order valence-corrected chi connectivity index (χ4v) is 6.50. The third-order valence-electron chi connectivity index (χ3n) is 8.28. The van der Waals surface area contributed by atoms with Crippen LogP contribution in [0.25, 0.3) is 11.0 Å². The summed E-state index contributed by atoms with van der Waals surface area (Å²) in [6.07, 6.45) is 2.53. The Labute approximate surface area is 201 Å². The van der Waals surface area contributed by atoms with E-state index in [1.807, 2.05) is 6.07 Å². The SMILES string of the molecule is C[C@H]1CC(C)(C)N(C)c2ccc([C@@H]3C4=C(CC(C)(C)CC4=O)Nc4nc5ccccc5n43)cc21. The van der Waals surface area contributed by atoms with Crippen LogP contribution in [-0.2, 0) is 4.79 Å².